The number of carbonyl (C=O) groups excluding carboxylic acids is 2. The maximum absolute atomic E-state index is 13.0. The number of nitrogens with zero attached hydrogens (tertiary/aromatic N) is 1. The summed E-state index contributed by atoms with van der Waals surface area (Å²) >= 11 is 0. The second-order valence-electron chi connectivity index (χ2n) is 6.74. The molecule has 3 rings (SSSR count). The quantitative estimate of drug-likeness (QED) is 0.822. The number of aryl methyl sites for hydroxylation is 2. The van der Waals surface area contributed by atoms with Crippen molar-refractivity contribution >= 4 is 23.3 Å². The summed E-state index contributed by atoms with van der Waals surface area (Å²) in [5.41, 5.74) is 1.58. The molecule has 0 aliphatic carbocycles. The first-order valence-electron chi connectivity index (χ1n) is 8.79. The largest absolute Gasteiger partial charge is 0.418 e. The molecule has 2 N–H and O–H groups in total. The molecular weight excluding hydrogens is 371 g/mol. The number of anilines is 2. The Morgan fingerprint density at radius 3 is 2.50 bits per heavy atom. The van der Waals surface area contributed by atoms with E-state index in [1.54, 1.807) is 4.90 Å². The van der Waals surface area contributed by atoms with Crippen LogP contribution in [-0.4, -0.2) is 24.5 Å². The van der Waals surface area contributed by atoms with Crippen LogP contribution in [0.2, 0.25) is 0 Å². The van der Waals surface area contributed by atoms with Crippen molar-refractivity contribution in [2.45, 2.75) is 32.5 Å². The molecule has 1 fully saturated rings. The van der Waals surface area contributed by atoms with Gasteiger partial charge in [0.15, 0.2) is 0 Å². The van der Waals surface area contributed by atoms with E-state index in [1.165, 1.54) is 18.2 Å². The number of rotatable bonds is 3. The lowest BCUT2D eigenvalue weighted by Gasteiger charge is -2.19. The molecule has 28 heavy (non-hydrogen) atoms. The fourth-order valence-corrected chi connectivity index (χ4v) is 3.12. The Balaban J connectivity index is 1.67. The Kier molecular flexibility index (Phi) is 5.31. The van der Waals surface area contributed by atoms with Crippen molar-refractivity contribution in [2.24, 2.45) is 0 Å². The number of urea groups is 1. The first kappa shape index (κ1) is 19.7. The van der Waals surface area contributed by atoms with E-state index in [9.17, 15) is 22.8 Å². The van der Waals surface area contributed by atoms with Gasteiger partial charge in [0.25, 0.3) is 0 Å². The molecule has 0 aromatic heterocycles. The van der Waals surface area contributed by atoms with Crippen LogP contribution in [0.25, 0.3) is 0 Å². The number of para-hydroxylation sites is 1. The highest BCUT2D eigenvalue weighted by molar-refractivity contribution is 6.02. The van der Waals surface area contributed by atoms with E-state index in [4.69, 9.17) is 0 Å². The van der Waals surface area contributed by atoms with E-state index in [2.05, 4.69) is 10.6 Å². The van der Waals surface area contributed by atoms with Crippen LogP contribution >= 0.6 is 0 Å². The predicted molar refractivity (Wildman–Crippen MR) is 100 cm³/mol. The molecule has 3 amide bonds. The highest BCUT2D eigenvalue weighted by Gasteiger charge is 2.35. The summed E-state index contributed by atoms with van der Waals surface area (Å²) in [6.07, 6.45) is -4.22. The molecule has 1 aliphatic rings. The molecule has 148 valence electrons. The van der Waals surface area contributed by atoms with Crippen LogP contribution in [-0.2, 0) is 11.0 Å². The first-order chi connectivity index (χ1) is 13.2. The van der Waals surface area contributed by atoms with Crippen LogP contribution in [0, 0.1) is 13.8 Å². The maximum Gasteiger partial charge on any atom is 0.418 e. The molecule has 0 radical (unpaired) electrons. The summed E-state index contributed by atoms with van der Waals surface area (Å²) < 4.78 is 39.1. The smallest absolute Gasteiger partial charge is 0.326 e. The van der Waals surface area contributed by atoms with Crippen LogP contribution in [0.3, 0.4) is 0 Å². The van der Waals surface area contributed by atoms with E-state index in [1.807, 2.05) is 32.0 Å². The Bertz CT molecular complexity index is 912. The van der Waals surface area contributed by atoms with Crippen LogP contribution in [0.15, 0.2) is 42.5 Å². The van der Waals surface area contributed by atoms with Crippen LogP contribution in [0.5, 0.6) is 0 Å². The topological polar surface area (TPSA) is 61.4 Å². The predicted octanol–water partition coefficient (Wildman–Crippen LogP) is 4.25. The number of halogens is 3. The number of alkyl halides is 3. The van der Waals surface area contributed by atoms with Gasteiger partial charge in [0.05, 0.1) is 11.3 Å². The Morgan fingerprint density at radius 2 is 1.82 bits per heavy atom. The number of hydrogen-bond acceptors (Lipinski definition) is 2. The normalized spacial score (nSPS) is 17.0. The minimum Gasteiger partial charge on any atom is -0.326 e. The zero-order valence-corrected chi connectivity index (χ0v) is 15.4. The van der Waals surface area contributed by atoms with Crippen molar-refractivity contribution in [1.82, 2.24) is 5.32 Å². The van der Waals surface area contributed by atoms with E-state index in [0.717, 1.165) is 22.9 Å². The third-order valence-electron chi connectivity index (χ3n) is 4.79. The minimum absolute atomic E-state index is 0.289. The van der Waals surface area contributed by atoms with E-state index in [0.29, 0.717) is 13.0 Å². The molecule has 0 saturated carbocycles. The minimum atomic E-state index is -4.59. The molecule has 1 aliphatic heterocycles. The van der Waals surface area contributed by atoms with Gasteiger partial charge < -0.3 is 15.5 Å². The Hall–Kier alpha value is -3.03. The average Bonchev–Trinajstić information content (AvgIpc) is 2.97. The molecule has 2 aromatic carbocycles. The SMILES string of the molecule is Cc1ccc(N2CC[C@@H](NC(=O)Nc3ccccc3C(F)(F)F)C2=O)cc1C. The molecule has 1 heterocycles. The van der Waals surface area contributed by atoms with Crippen molar-refractivity contribution in [3.8, 4) is 0 Å². The van der Waals surface area contributed by atoms with Crippen LogP contribution in [0.4, 0.5) is 29.3 Å². The number of nitrogens with one attached hydrogen (secondary N) is 2. The lowest BCUT2D eigenvalue weighted by Crippen LogP contribution is -2.43. The molecule has 1 atom stereocenters. The third kappa shape index (κ3) is 4.11. The van der Waals surface area contributed by atoms with Gasteiger partial charge in [-0.1, -0.05) is 18.2 Å². The van der Waals surface area contributed by atoms with Crippen molar-refractivity contribution in [3.05, 3.63) is 59.2 Å². The summed E-state index contributed by atoms with van der Waals surface area (Å²) in [5, 5.41) is 4.67. The molecular formula is C20H20F3N3O2. The second kappa shape index (κ2) is 7.53. The molecule has 0 unspecified atom stereocenters. The van der Waals surface area contributed by atoms with Crippen LogP contribution in [0.1, 0.15) is 23.1 Å². The van der Waals surface area contributed by atoms with Crippen molar-refractivity contribution in [3.63, 3.8) is 0 Å². The van der Waals surface area contributed by atoms with Crippen LogP contribution < -0.4 is 15.5 Å². The summed E-state index contributed by atoms with van der Waals surface area (Å²) in [6, 6.07) is 8.70. The molecule has 5 nitrogen and oxygen atoms in total. The summed E-state index contributed by atoms with van der Waals surface area (Å²) in [7, 11) is 0. The highest BCUT2D eigenvalue weighted by atomic mass is 19.4. The third-order valence-corrected chi connectivity index (χ3v) is 4.79. The Labute approximate surface area is 160 Å². The maximum atomic E-state index is 13.0. The number of amides is 3. The van der Waals surface area contributed by atoms with Gasteiger partial charge in [0.1, 0.15) is 6.04 Å². The number of hydrogen-bond donors (Lipinski definition) is 2. The molecule has 8 heteroatoms. The standard InChI is InChI=1S/C20H20F3N3O2/c1-12-7-8-14(11-13(12)2)26-10-9-17(18(26)27)25-19(28)24-16-6-4-3-5-15(16)20(21,22)23/h3-8,11,17H,9-10H2,1-2H3,(H2,24,25,28)/t17-/m1/s1. The van der Waals surface area contributed by atoms with Gasteiger partial charge in [-0.2, -0.15) is 13.2 Å². The van der Waals surface area contributed by atoms with Crippen molar-refractivity contribution in [2.75, 3.05) is 16.8 Å². The van der Waals surface area contributed by atoms with Gasteiger partial charge in [-0.15, -0.1) is 0 Å². The molecule has 0 bridgehead atoms. The summed E-state index contributed by atoms with van der Waals surface area (Å²) in [6.45, 7) is 4.34. The van der Waals surface area contributed by atoms with E-state index < -0.39 is 23.8 Å². The molecule has 0 spiro atoms. The summed E-state index contributed by atoms with van der Waals surface area (Å²) in [5.74, 6) is -0.289. The zero-order valence-electron chi connectivity index (χ0n) is 15.4. The van der Waals surface area contributed by atoms with Gasteiger partial charge in [-0.05, 0) is 55.7 Å². The highest BCUT2D eigenvalue weighted by Crippen LogP contribution is 2.34. The molecule has 2 aromatic rings. The lowest BCUT2D eigenvalue weighted by molar-refractivity contribution is -0.137. The second-order valence-corrected chi connectivity index (χ2v) is 6.74. The fraction of sp³-hybridized carbons (Fsp3) is 0.300. The monoisotopic (exact) mass is 391 g/mol. The van der Waals surface area contributed by atoms with E-state index >= 15 is 0 Å². The average molecular weight is 391 g/mol. The van der Waals surface area contributed by atoms with Crippen molar-refractivity contribution in [1.29, 1.82) is 0 Å². The Morgan fingerprint density at radius 1 is 1.11 bits per heavy atom. The fourth-order valence-electron chi connectivity index (χ4n) is 3.12. The van der Waals surface area contributed by atoms with E-state index in [-0.39, 0.29) is 11.6 Å². The van der Waals surface area contributed by atoms with Gasteiger partial charge in [0, 0.05) is 12.2 Å². The van der Waals surface area contributed by atoms with Gasteiger partial charge in [0.2, 0.25) is 5.91 Å². The first-order valence-corrected chi connectivity index (χ1v) is 8.79. The number of benzene rings is 2. The van der Waals surface area contributed by atoms with Gasteiger partial charge in [-0.3, -0.25) is 4.79 Å². The van der Waals surface area contributed by atoms with Gasteiger partial charge in [-0.25, -0.2) is 4.79 Å². The van der Waals surface area contributed by atoms with Gasteiger partial charge >= 0.3 is 12.2 Å². The van der Waals surface area contributed by atoms with Crippen molar-refractivity contribution < 1.29 is 22.8 Å². The number of carbonyl (C=O) groups is 2. The lowest BCUT2D eigenvalue weighted by atomic mass is 10.1. The zero-order chi connectivity index (χ0) is 20.5. The molecule has 1 saturated heterocycles. The summed E-state index contributed by atoms with van der Waals surface area (Å²) in [4.78, 5) is 26.4.